The lowest BCUT2D eigenvalue weighted by molar-refractivity contribution is 0.0696. The highest BCUT2D eigenvalue weighted by Crippen LogP contribution is 2.23. The third-order valence-corrected chi connectivity index (χ3v) is 3.20. The smallest absolute Gasteiger partial charge is 0.335 e. The summed E-state index contributed by atoms with van der Waals surface area (Å²) in [6, 6.07) is 5.09. The number of aromatic carboxylic acids is 1. The molecule has 4 nitrogen and oxygen atoms in total. The van der Waals surface area contributed by atoms with Gasteiger partial charge in [0.1, 0.15) is 5.75 Å². The molecule has 1 aromatic rings. The molecule has 19 heavy (non-hydrogen) atoms. The van der Waals surface area contributed by atoms with Crippen molar-refractivity contribution in [3.05, 3.63) is 29.3 Å². The normalized spacial score (nSPS) is 15.0. The lowest BCUT2D eigenvalue weighted by Crippen LogP contribution is -2.19. The molecule has 0 unspecified atom stereocenters. The Bertz CT molecular complexity index is 431. The van der Waals surface area contributed by atoms with E-state index in [0.717, 1.165) is 30.9 Å². The van der Waals surface area contributed by atoms with Crippen molar-refractivity contribution in [1.82, 2.24) is 4.90 Å². The molecule has 106 valence electrons. The van der Waals surface area contributed by atoms with Gasteiger partial charge in [-0.1, -0.05) is 0 Å². The Kier molecular flexibility index (Phi) is 6.12. The Morgan fingerprint density at radius 3 is 2.63 bits per heavy atom. The second-order valence-corrected chi connectivity index (χ2v) is 4.54. The topological polar surface area (TPSA) is 49.8 Å². The predicted octanol–water partition coefficient (Wildman–Crippen LogP) is 2.80. The van der Waals surface area contributed by atoms with Crippen LogP contribution in [0.15, 0.2) is 18.2 Å². The van der Waals surface area contributed by atoms with Gasteiger partial charge in [-0.25, -0.2) is 4.79 Å². The first kappa shape index (κ1) is 15.8. The summed E-state index contributed by atoms with van der Waals surface area (Å²) in [6.07, 6.45) is 2.45. The largest absolute Gasteiger partial charge is 0.494 e. The molecule has 1 heterocycles. The summed E-state index contributed by atoms with van der Waals surface area (Å²) in [5.74, 6) is -0.0879. The van der Waals surface area contributed by atoms with Gasteiger partial charge in [-0.15, -0.1) is 12.4 Å². The fourth-order valence-electron chi connectivity index (χ4n) is 2.31. The Morgan fingerprint density at radius 2 is 2.05 bits per heavy atom. The van der Waals surface area contributed by atoms with E-state index >= 15 is 0 Å². The van der Waals surface area contributed by atoms with Crippen molar-refractivity contribution >= 4 is 18.4 Å². The summed E-state index contributed by atoms with van der Waals surface area (Å²) >= 11 is 0. The number of rotatable bonds is 5. The van der Waals surface area contributed by atoms with Crippen molar-refractivity contribution in [2.24, 2.45) is 0 Å². The van der Waals surface area contributed by atoms with E-state index in [9.17, 15) is 4.79 Å². The number of carboxylic acids is 1. The molecule has 0 bridgehead atoms. The van der Waals surface area contributed by atoms with Crippen LogP contribution in [0.3, 0.4) is 0 Å². The average molecular weight is 286 g/mol. The molecular formula is C14H20ClNO3. The van der Waals surface area contributed by atoms with Gasteiger partial charge >= 0.3 is 5.97 Å². The average Bonchev–Trinajstić information content (AvgIpc) is 2.84. The highest BCUT2D eigenvalue weighted by atomic mass is 35.5. The van der Waals surface area contributed by atoms with Crippen LogP contribution in [-0.4, -0.2) is 35.7 Å². The van der Waals surface area contributed by atoms with E-state index in [-0.39, 0.29) is 12.4 Å². The molecule has 0 atom stereocenters. The number of carbonyl (C=O) groups is 1. The molecular weight excluding hydrogens is 266 g/mol. The van der Waals surface area contributed by atoms with Gasteiger partial charge in [-0.2, -0.15) is 0 Å². The number of ether oxygens (including phenoxy) is 1. The van der Waals surface area contributed by atoms with Crippen LogP contribution in [0, 0.1) is 0 Å². The Hall–Kier alpha value is -1.26. The summed E-state index contributed by atoms with van der Waals surface area (Å²) in [6.45, 7) is 5.48. The molecule has 0 aliphatic carbocycles. The monoisotopic (exact) mass is 285 g/mol. The van der Waals surface area contributed by atoms with Gasteiger partial charge in [-0.05, 0) is 51.1 Å². The van der Waals surface area contributed by atoms with E-state index in [1.165, 1.54) is 12.8 Å². The van der Waals surface area contributed by atoms with Crippen LogP contribution in [0.1, 0.15) is 35.7 Å². The number of likely N-dealkylation sites (tertiary alicyclic amines) is 1. The zero-order valence-corrected chi connectivity index (χ0v) is 11.9. The number of halogens is 1. The first-order valence-electron chi connectivity index (χ1n) is 6.42. The van der Waals surface area contributed by atoms with Gasteiger partial charge in [0.25, 0.3) is 0 Å². The van der Waals surface area contributed by atoms with E-state index in [2.05, 4.69) is 4.90 Å². The third kappa shape index (κ3) is 4.11. The van der Waals surface area contributed by atoms with Crippen LogP contribution in [-0.2, 0) is 6.54 Å². The van der Waals surface area contributed by atoms with Crippen molar-refractivity contribution < 1.29 is 14.6 Å². The maximum Gasteiger partial charge on any atom is 0.335 e. The van der Waals surface area contributed by atoms with Gasteiger partial charge in [0, 0.05) is 12.1 Å². The molecule has 1 fully saturated rings. The standard InChI is InChI=1S/C14H19NO3.ClH/c1-2-18-13-6-5-11(14(16)17)9-12(13)10-15-7-3-4-8-15;/h5-6,9H,2-4,7-8,10H2,1H3,(H,16,17);1H. The van der Waals surface area contributed by atoms with Gasteiger partial charge in [0.15, 0.2) is 0 Å². The third-order valence-electron chi connectivity index (χ3n) is 3.20. The summed E-state index contributed by atoms with van der Waals surface area (Å²) in [5, 5.41) is 9.04. The van der Waals surface area contributed by atoms with Gasteiger partial charge < -0.3 is 9.84 Å². The fourth-order valence-corrected chi connectivity index (χ4v) is 2.31. The van der Waals surface area contributed by atoms with Gasteiger partial charge in [0.05, 0.1) is 12.2 Å². The molecule has 1 aromatic carbocycles. The van der Waals surface area contributed by atoms with E-state index < -0.39 is 5.97 Å². The second kappa shape index (κ2) is 7.36. The number of carboxylic acid groups (broad SMARTS) is 1. The van der Waals surface area contributed by atoms with Crippen LogP contribution in [0.4, 0.5) is 0 Å². The minimum atomic E-state index is -0.888. The first-order chi connectivity index (χ1) is 8.70. The molecule has 0 saturated carbocycles. The SMILES string of the molecule is CCOc1ccc(C(=O)O)cc1CN1CCCC1.Cl. The number of hydrogen-bond donors (Lipinski definition) is 1. The zero-order valence-electron chi connectivity index (χ0n) is 11.1. The first-order valence-corrected chi connectivity index (χ1v) is 6.42. The lowest BCUT2D eigenvalue weighted by atomic mass is 10.1. The summed E-state index contributed by atoms with van der Waals surface area (Å²) < 4.78 is 5.56. The van der Waals surface area contributed by atoms with Gasteiger partial charge in [-0.3, -0.25) is 4.90 Å². The molecule has 0 amide bonds. The molecule has 1 aliphatic rings. The fraction of sp³-hybridized carbons (Fsp3) is 0.500. The van der Waals surface area contributed by atoms with Crippen molar-refractivity contribution in [2.45, 2.75) is 26.3 Å². The van der Waals surface area contributed by atoms with Crippen LogP contribution >= 0.6 is 12.4 Å². The van der Waals surface area contributed by atoms with Crippen LogP contribution < -0.4 is 4.74 Å². The maximum atomic E-state index is 11.0. The Morgan fingerprint density at radius 1 is 1.37 bits per heavy atom. The Balaban J connectivity index is 0.00000180. The summed E-state index contributed by atoms with van der Waals surface area (Å²) in [4.78, 5) is 13.3. The molecule has 1 N–H and O–H groups in total. The number of hydrogen-bond acceptors (Lipinski definition) is 3. The van der Waals surface area contributed by atoms with E-state index in [1.54, 1.807) is 18.2 Å². The van der Waals surface area contributed by atoms with E-state index in [0.29, 0.717) is 12.2 Å². The lowest BCUT2D eigenvalue weighted by Gasteiger charge is -2.17. The second-order valence-electron chi connectivity index (χ2n) is 4.54. The van der Waals surface area contributed by atoms with E-state index in [4.69, 9.17) is 9.84 Å². The molecule has 1 aliphatic heterocycles. The minimum absolute atomic E-state index is 0. The highest BCUT2D eigenvalue weighted by Gasteiger charge is 2.16. The maximum absolute atomic E-state index is 11.0. The van der Waals surface area contributed by atoms with Crippen molar-refractivity contribution in [3.8, 4) is 5.75 Å². The van der Waals surface area contributed by atoms with Crippen LogP contribution in [0.2, 0.25) is 0 Å². The van der Waals surface area contributed by atoms with Crippen LogP contribution in [0.5, 0.6) is 5.75 Å². The van der Waals surface area contributed by atoms with E-state index in [1.807, 2.05) is 6.92 Å². The molecule has 2 rings (SSSR count). The Labute approximate surface area is 119 Å². The summed E-state index contributed by atoms with van der Waals surface area (Å²) in [5.41, 5.74) is 1.30. The van der Waals surface area contributed by atoms with Crippen LogP contribution in [0.25, 0.3) is 0 Å². The van der Waals surface area contributed by atoms with Crippen molar-refractivity contribution in [3.63, 3.8) is 0 Å². The minimum Gasteiger partial charge on any atom is -0.494 e. The molecule has 1 saturated heterocycles. The molecule has 0 spiro atoms. The number of benzene rings is 1. The molecule has 0 radical (unpaired) electrons. The van der Waals surface area contributed by atoms with Crippen molar-refractivity contribution in [1.29, 1.82) is 0 Å². The molecule has 0 aromatic heterocycles. The predicted molar refractivity (Wildman–Crippen MR) is 76.3 cm³/mol. The number of nitrogens with zero attached hydrogens (tertiary/aromatic N) is 1. The highest BCUT2D eigenvalue weighted by molar-refractivity contribution is 5.88. The molecule has 5 heteroatoms. The zero-order chi connectivity index (χ0) is 13.0. The summed E-state index contributed by atoms with van der Waals surface area (Å²) in [7, 11) is 0. The quantitative estimate of drug-likeness (QED) is 0.904. The van der Waals surface area contributed by atoms with Crippen molar-refractivity contribution in [2.75, 3.05) is 19.7 Å². The van der Waals surface area contributed by atoms with Gasteiger partial charge in [0.2, 0.25) is 0 Å².